The topological polar surface area (TPSA) is 146 Å². The fourth-order valence-electron chi connectivity index (χ4n) is 2.73. The molecule has 1 amide bonds. The number of nitrogens with two attached hydrogens (primary N) is 1. The second-order valence-electron chi connectivity index (χ2n) is 6.94. The molecular weight excluding hydrogens is 326 g/mol. The average Bonchev–Trinajstić information content (AvgIpc) is 3.29. The Hall–Kier alpha value is -1.96. The number of carbonyl (C=O) groups is 3. The van der Waals surface area contributed by atoms with Gasteiger partial charge >= 0.3 is 5.97 Å². The van der Waals surface area contributed by atoms with Crippen molar-refractivity contribution in [3.05, 3.63) is 0 Å². The molecule has 1 aliphatic rings. The first-order chi connectivity index (χ1) is 11.7. The first-order valence-corrected chi connectivity index (χ1v) is 8.74. The van der Waals surface area contributed by atoms with E-state index in [1.165, 1.54) is 0 Å². The normalized spacial score (nSPS) is 20.1. The van der Waals surface area contributed by atoms with Crippen LogP contribution < -0.4 is 11.1 Å². The molecule has 1 aliphatic heterocycles. The van der Waals surface area contributed by atoms with Crippen LogP contribution >= 0.6 is 0 Å². The number of hydrogen-bond donors (Lipinski definition) is 4. The van der Waals surface area contributed by atoms with Gasteiger partial charge in [-0.05, 0) is 25.2 Å². The highest BCUT2D eigenvalue weighted by Gasteiger charge is 2.50. The number of rotatable bonds is 13. The third kappa shape index (κ3) is 8.11. The van der Waals surface area contributed by atoms with E-state index in [1.807, 2.05) is 13.8 Å². The molecule has 1 heterocycles. The number of carboxylic acids is 1. The van der Waals surface area contributed by atoms with E-state index < -0.39 is 24.1 Å². The number of epoxide rings is 1. The van der Waals surface area contributed by atoms with Gasteiger partial charge in [-0.1, -0.05) is 20.3 Å². The average molecular weight is 355 g/mol. The Kier molecular flexibility index (Phi) is 8.54. The summed E-state index contributed by atoms with van der Waals surface area (Å²) in [6, 6.07) is 0. The molecule has 142 valence electrons. The lowest BCUT2D eigenvalue weighted by Gasteiger charge is -2.18. The number of aliphatic carboxylic acids is 1. The van der Waals surface area contributed by atoms with Gasteiger partial charge in [0.1, 0.15) is 0 Å². The van der Waals surface area contributed by atoms with Crippen molar-refractivity contribution in [2.45, 2.75) is 64.6 Å². The highest BCUT2D eigenvalue weighted by molar-refractivity contribution is 5.95. The van der Waals surface area contributed by atoms with Crippen molar-refractivity contribution in [3.8, 4) is 0 Å². The quantitative estimate of drug-likeness (QED) is 0.168. The minimum atomic E-state index is -1.14. The Bertz CT molecular complexity index is 507. The van der Waals surface area contributed by atoms with Crippen molar-refractivity contribution in [2.24, 2.45) is 17.6 Å². The Morgan fingerprint density at radius 2 is 1.88 bits per heavy atom. The summed E-state index contributed by atoms with van der Waals surface area (Å²) in [5, 5.41) is 18.8. The van der Waals surface area contributed by atoms with E-state index in [2.05, 4.69) is 5.32 Å². The molecule has 8 nitrogen and oxygen atoms in total. The monoisotopic (exact) mass is 355 g/mol. The van der Waals surface area contributed by atoms with Gasteiger partial charge in [0.15, 0.2) is 18.0 Å². The summed E-state index contributed by atoms with van der Waals surface area (Å²) in [6.45, 7) is 4.46. The molecule has 0 aromatic rings. The standard InChI is InChI=1S/C17H29N3O5/c1-10(2)8-11(9-12(21)14-15(25-14)17(23)24)16(22)20-7-5-3-4-6-13(18)19/h10-11,14-15H,3-9H2,1-2H3,(H3,18,19)(H,20,22)(H,23,24)/t11-,14?,15+/m1/s1. The van der Waals surface area contributed by atoms with Crippen molar-refractivity contribution in [1.29, 1.82) is 5.41 Å². The molecule has 0 saturated carbocycles. The molecule has 3 atom stereocenters. The number of unbranched alkanes of at least 4 members (excludes halogenated alkanes) is 2. The second kappa shape index (κ2) is 10.1. The number of ketones is 1. The Morgan fingerprint density at radius 3 is 2.40 bits per heavy atom. The van der Waals surface area contributed by atoms with Gasteiger partial charge in [0, 0.05) is 25.3 Å². The fourth-order valence-corrected chi connectivity index (χ4v) is 2.73. The Balaban J connectivity index is 2.38. The van der Waals surface area contributed by atoms with Gasteiger partial charge in [-0.25, -0.2) is 4.79 Å². The van der Waals surface area contributed by atoms with Crippen molar-refractivity contribution < 1.29 is 24.2 Å². The van der Waals surface area contributed by atoms with E-state index in [0.717, 1.165) is 19.3 Å². The maximum Gasteiger partial charge on any atom is 0.336 e. The zero-order valence-electron chi connectivity index (χ0n) is 14.9. The van der Waals surface area contributed by atoms with Crippen LogP contribution in [0.1, 0.15) is 52.4 Å². The zero-order chi connectivity index (χ0) is 19.0. The highest BCUT2D eigenvalue weighted by atomic mass is 16.6. The molecule has 1 rings (SSSR count). The van der Waals surface area contributed by atoms with Gasteiger partial charge in [-0.2, -0.15) is 0 Å². The van der Waals surface area contributed by atoms with Gasteiger partial charge in [0.25, 0.3) is 0 Å². The van der Waals surface area contributed by atoms with Crippen LogP contribution in [0.5, 0.6) is 0 Å². The number of carboxylic acid groups (broad SMARTS) is 1. The lowest BCUT2D eigenvalue weighted by atomic mass is 9.90. The van der Waals surface area contributed by atoms with E-state index in [-0.39, 0.29) is 29.9 Å². The second-order valence-corrected chi connectivity index (χ2v) is 6.94. The summed E-state index contributed by atoms with van der Waals surface area (Å²) < 4.78 is 4.86. The molecule has 1 unspecified atom stereocenters. The predicted molar refractivity (Wildman–Crippen MR) is 92.3 cm³/mol. The van der Waals surface area contributed by atoms with E-state index in [4.69, 9.17) is 21.0 Å². The number of ether oxygens (including phenoxy) is 1. The van der Waals surface area contributed by atoms with Crippen LogP contribution in [0.25, 0.3) is 0 Å². The van der Waals surface area contributed by atoms with Crippen molar-refractivity contribution in [2.75, 3.05) is 6.54 Å². The van der Waals surface area contributed by atoms with Crippen LogP contribution in [0.15, 0.2) is 0 Å². The zero-order valence-corrected chi connectivity index (χ0v) is 14.9. The molecular formula is C17H29N3O5. The number of nitrogens with one attached hydrogen (secondary N) is 2. The fraction of sp³-hybridized carbons (Fsp3) is 0.765. The predicted octanol–water partition coefficient (Wildman–Crippen LogP) is 1.07. The van der Waals surface area contributed by atoms with Gasteiger partial charge in [0.05, 0.1) is 5.84 Å². The molecule has 0 bridgehead atoms. The first kappa shape index (κ1) is 21.1. The lowest BCUT2D eigenvalue weighted by Crippen LogP contribution is -2.34. The molecule has 0 aliphatic carbocycles. The van der Waals surface area contributed by atoms with Gasteiger partial charge in [-0.3, -0.25) is 15.0 Å². The maximum atomic E-state index is 12.3. The van der Waals surface area contributed by atoms with Crippen LogP contribution in [0.4, 0.5) is 0 Å². The SMILES string of the molecule is CC(C)C[C@H](CC(=O)C1O[C@@H]1C(=O)O)C(=O)NCCCCCC(=N)N. The maximum absolute atomic E-state index is 12.3. The minimum absolute atomic E-state index is 0.00277. The summed E-state index contributed by atoms with van der Waals surface area (Å²) in [7, 11) is 0. The van der Waals surface area contributed by atoms with E-state index in [0.29, 0.717) is 19.4 Å². The van der Waals surface area contributed by atoms with Gasteiger partial charge < -0.3 is 20.9 Å². The molecule has 0 aromatic heterocycles. The number of hydrogen-bond acceptors (Lipinski definition) is 5. The summed E-state index contributed by atoms with van der Waals surface area (Å²) in [4.78, 5) is 35.2. The Labute approximate surface area is 148 Å². The summed E-state index contributed by atoms with van der Waals surface area (Å²) in [5.74, 6) is -1.70. The van der Waals surface area contributed by atoms with Crippen LogP contribution in [-0.4, -0.2) is 47.4 Å². The number of amides is 1. The molecule has 0 radical (unpaired) electrons. The molecule has 1 fully saturated rings. The molecule has 5 N–H and O–H groups in total. The molecule has 25 heavy (non-hydrogen) atoms. The highest BCUT2D eigenvalue weighted by Crippen LogP contribution is 2.27. The van der Waals surface area contributed by atoms with E-state index in [9.17, 15) is 14.4 Å². The number of Topliss-reactive ketones (excluding diaryl/α,β-unsaturated/α-hetero) is 1. The summed E-state index contributed by atoms with van der Waals surface area (Å²) in [6.07, 6.45) is 1.62. The van der Waals surface area contributed by atoms with Crippen LogP contribution in [-0.2, 0) is 19.1 Å². The number of carbonyl (C=O) groups excluding carboxylic acids is 2. The van der Waals surface area contributed by atoms with E-state index in [1.54, 1.807) is 0 Å². The van der Waals surface area contributed by atoms with Crippen molar-refractivity contribution in [1.82, 2.24) is 5.32 Å². The van der Waals surface area contributed by atoms with Crippen LogP contribution in [0.3, 0.4) is 0 Å². The Morgan fingerprint density at radius 1 is 1.20 bits per heavy atom. The molecule has 1 saturated heterocycles. The third-order valence-corrected chi connectivity index (χ3v) is 4.05. The lowest BCUT2D eigenvalue weighted by molar-refractivity contribution is -0.138. The number of amidine groups is 1. The molecule has 0 spiro atoms. The van der Waals surface area contributed by atoms with Crippen LogP contribution in [0.2, 0.25) is 0 Å². The van der Waals surface area contributed by atoms with E-state index >= 15 is 0 Å². The third-order valence-electron chi connectivity index (χ3n) is 4.05. The largest absolute Gasteiger partial charge is 0.479 e. The summed E-state index contributed by atoms with van der Waals surface area (Å²) >= 11 is 0. The smallest absolute Gasteiger partial charge is 0.336 e. The van der Waals surface area contributed by atoms with Gasteiger partial charge in [-0.15, -0.1) is 0 Å². The summed E-state index contributed by atoms with van der Waals surface area (Å²) in [5.41, 5.74) is 5.28. The van der Waals surface area contributed by atoms with Crippen molar-refractivity contribution in [3.63, 3.8) is 0 Å². The molecule has 8 heteroatoms. The van der Waals surface area contributed by atoms with Gasteiger partial charge in [0.2, 0.25) is 5.91 Å². The van der Waals surface area contributed by atoms with Crippen LogP contribution in [0, 0.1) is 17.2 Å². The minimum Gasteiger partial charge on any atom is -0.479 e. The first-order valence-electron chi connectivity index (χ1n) is 8.74. The molecule has 0 aromatic carbocycles. The van der Waals surface area contributed by atoms with Crippen molar-refractivity contribution >= 4 is 23.5 Å².